The number of ether oxygens (including phenoxy) is 1. The van der Waals surface area contributed by atoms with Gasteiger partial charge in [0.25, 0.3) is 0 Å². The lowest BCUT2D eigenvalue weighted by molar-refractivity contribution is -0.137. The molecule has 0 aliphatic heterocycles. The summed E-state index contributed by atoms with van der Waals surface area (Å²) in [5.74, 6) is -0.00132. The van der Waals surface area contributed by atoms with Gasteiger partial charge >= 0.3 is 6.18 Å². The molecule has 0 unspecified atom stereocenters. The summed E-state index contributed by atoms with van der Waals surface area (Å²) in [6.45, 7) is 0.796. The quantitative estimate of drug-likeness (QED) is 0.639. The largest absolute Gasteiger partial charge is 0.419 e. The van der Waals surface area contributed by atoms with Gasteiger partial charge in [0.1, 0.15) is 5.82 Å². The fourth-order valence-electron chi connectivity index (χ4n) is 3.61. The number of alkyl halides is 3. The van der Waals surface area contributed by atoms with Crippen molar-refractivity contribution < 1.29 is 17.9 Å². The highest BCUT2D eigenvalue weighted by atomic mass is 32.1. The first-order chi connectivity index (χ1) is 13.8. The number of nitrogens with zero attached hydrogens (tertiary/aromatic N) is 4. The van der Waals surface area contributed by atoms with Crippen LogP contribution in [0.15, 0.2) is 18.5 Å². The van der Waals surface area contributed by atoms with Gasteiger partial charge in [-0.3, -0.25) is 0 Å². The highest BCUT2D eigenvalue weighted by molar-refractivity contribution is 7.20. The van der Waals surface area contributed by atoms with E-state index in [1.807, 2.05) is 0 Å². The van der Waals surface area contributed by atoms with Crippen molar-refractivity contribution >= 4 is 27.2 Å². The van der Waals surface area contributed by atoms with Crippen LogP contribution < -0.4 is 11.1 Å². The molecule has 7 nitrogen and oxygen atoms in total. The second kappa shape index (κ2) is 7.79. The van der Waals surface area contributed by atoms with E-state index in [1.165, 1.54) is 28.2 Å². The molecule has 1 fully saturated rings. The van der Waals surface area contributed by atoms with Crippen molar-refractivity contribution in [2.45, 2.75) is 38.0 Å². The molecule has 1 aliphatic rings. The van der Waals surface area contributed by atoms with Gasteiger partial charge in [0.2, 0.25) is 10.1 Å². The number of nitrogens with two attached hydrogens (primary N) is 1. The number of rotatable bonds is 5. The van der Waals surface area contributed by atoms with Gasteiger partial charge in [0.15, 0.2) is 0 Å². The van der Waals surface area contributed by atoms with Crippen LogP contribution in [0.1, 0.15) is 31.2 Å². The van der Waals surface area contributed by atoms with Crippen LogP contribution in [0.2, 0.25) is 0 Å². The molecule has 3 aromatic rings. The Hall–Kier alpha value is -2.40. The number of nitrogens with one attached hydrogen (secondary N) is 1. The van der Waals surface area contributed by atoms with E-state index in [2.05, 4.69) is 20.4 Å². The first kappa shape index (κ1) is 19.9. The third kappa shape index (κ3) is 4.15. The third-order valence-electron chi connectivity index (χ3n) is 5.27. The van der Waals surface area contributed by atoms with Gasteiger partial charge in [-0.15, -0.1) is 5.10 Å². The molecule has 156 valence electrons. The lowest BCUT2D eigenvalue weighted by Crippen LogP contribution is -2.24. The van der Waals surface area contributed by atoms with E-state index in [1.54, 1.807) is 7.11 Å². The van der Waals surface area contributed by atoms with Crippen molar-refractivity contribution in [1.82, 2.24) is 19.6 Å². The normalized spacial score (nSPS) is 20.3. The van der Waals surface area contributed by atoms with Crippen LogP contribution in [-0.2, 0) is 10.9 Å². The maximum Gasteiger partial charge on any atom is 0.419 e. The summed E-state index contributed by atoms with van der Waals surface area (Å²) in [6, 6.07) is 0.979. The number of nitrogen functional groups attached to an aromatic ring is 1. The minimum Gasteiger partial charge on any atom is -0.383 e. The number of methoxy groups -OCH3 is 1. The van der Waals surface area contributed by atoms with E-state index in [-0.39, 0.29) is 5.56 Å². The number of anilines is 2. The topological polar surface area (TPSA) is 90.4 Å². The summed E-state index contributed by atoms with van der Waals surface area (Å²) in [7, 11) is 1.75. The van der Waals surface area contributed by atoms with Crippen LogP contribution in [0.25, 0.3) is 16.2 Å². The number of halogens is 3. The average molecular weight is 426 g/mol. The Kier molecular flexibility index (Phi) is 5.34. The second-order valence-electron chi connectivity index (χ2n) is 7.16. The Bertz CT molecular complexity index is 993. The van der Waals surface area contributed by atoms with Gasteiger partial charge in [0.05, 0.1) is 23.6 Å². The van der Waals surface area contributed by atoms with Gasteiger partial charge in [-0.1, -0.05) is 11.3 Å². The Labute approximate surface area is 169 Å². The van der Waals surface area contributed by atoms with E-state index in [0.717, 1.165) is 38.3 Å². The van der Waals surface area contributed by atoms with E-state index >= 15 is 0 Å². The summed E-state index contributed by atoms with van der Waals surface area (Å²) < 4.78 is 46.3. The molecule has 1 saturated carbocycles. The molecule has 3 heterocycles. The first-order valence-corrected chi connectivity index (χ1v) is 10.1. The van der Waals surface area contributed by atoms with Crippen LogP contribution in [0, 0.1) is 5.92 Å². The zero-order valence-corrected chi connectivity index (χ0v) is 16.6. The van der Waals surface area contributed by atoms with Gasteiger partial charge in [-0.25, -0.2) is 14.5 Å². The fourth-order valence-corrected chi connectivity index (χ4v) is 4.39. The molecule has 3 aromatic heterocycles. The third-order valence-corrected chi connectivity index (χ3v) is 6.15. The maximum atomic E-state index is 13.1. The Morgan fingerprint density at radius 1 is 1.24 bits per heavy atom. The SMILES string of the molecule is CO[C@H]1CC[C@H](CNc2nn3c(-c4cnc(N)c(C(F)(F)F)c4)cnc3s2)CC1. The molecule has 0 radical (unpaired) electrons. The Balaban J connectivity index is 1.51. The van der Waals surface area contributed by atoms with Crippen molar-refractivity contribution in [2.75, 3.05) is 24.7 Å². The van der Waals surface area contributed by atoms with Crippen LogP contribution >= 0.6 is 11.3 Å². The van der Waals surface area contributed by atoms with Gasteiger partial charge in [0, 0.05) is 25.4 Å². The van der Waals surface area contributed by atoms with Crippen LogP contribution in [0.5, 0.6) is 0 Å². The summed E-state index contributed by atoms with van der Waals surface area (Å²) in [4.78, 5) is 8.55. The molecular formula is C18H21F3N6OS. The summed E-state index contributed by atoms with van der Waals surface area (Å²) in [6.07, 6.45) is 2.86. The van der Waals surface area contributed by atoms with Crippen molar-refractivity contribution in [1.29, 1.82) is 0 Å². The summed E-state index contributed by atoms with van der Waals surface area (Å²) in [5.41, 5.74) is 5.11. The molecular weight excluding hydrogens is 405 g/mol. The summed E-state index contributed by atoms with van der Waals surface area (Å²) >= 11 is 1.36. The van der Waals surface area contributed by atoms with Gasteiger partial charge in [-0.2, -0.15) is 13.2 Å². The van der Waals surface area contributed by atoms with Crippen molar-refractivity contribution in [3.05, 3.63) is 24.0 Å². The monoisotopic (exact) mass is 426 g/mol. The molecule has 4 rings (SSSR count). The number of pyridine rings is 1. The molecule has 3 N–H and O–H groups in total. The highest BCUT2D eigenvalue weighted by Crippen LogP contribution is 2.35. The standard InChI is InChI=1S/C18H21F3N6OS/c1-28-12-4-2-10(3-5-12)7-24-16-26-27-14(9-25-17(27)29-16)11-6-13(18(19,20)21)15(22)23-8-11/h6,8-10,12H,2-5,7H2,1H3,(H2,22,23)(H,24,26)/t10-,12-. The molecule has 0 saturated heterocycles. The lowest BCUT2D eigenvalue weighted by Gasteiger charge is -2.27. The van der Waals surface area contributed by atoms with E-state index in [4.69, 9.17) is 10.5 Å². The Morgan fingerprint density at radius 3 is 2.69 bits per heavy atom. The minimum atomic E-state index is -4.58. The van der Waals surface area contributed by atoms with Crippen LogP contribution in [-0.4, -0.2) is 39.3 Å². The number of imidazole rings is 1. The van der Waals surface area contributed by atoms with Crippen molar-refractivity contribution in [2.24, 2.45) is 5.92 Å². The number of fused-ring (bicyclic) bond motifs is 1. The first-order valence-electron chi connectivity index (χ1n) is 9.29. The molecule has 0 aromatic carbocycles. The predicted molar refractivity (Wildman–Crippen MR) is 105 cm³/mol. The van der Waals surface area contributed by atoms with E-state index < -0.39 is 17.6 Å². The molecule has 1 aliphatic carbocycles. The molecule has 0 bridgehead atoms. The fraction of sp³-hybridized carbons (Fsp3) is 0.500. The highest BCUT2D eigenvalue weighted by Gasteiger charge is 2.34. The zero-order chi connectivity index (χ0) is 20.6. The molecule has 29 heavy (non-hydrogen) atoms. The lowest BCUT2D eigenvalue weighted by atomic mass is 9.87. The van der Waals surface area contributed by atoms with Gasteiger partial charge in [-0.05, 0) is 37.7 Å². The zero-order valence-electron chi connectivity index (χ0n) is 15.7. The van der Waals surface area contributed by atoms with E-state index in [0.29, 0.717) is 27.8 Å². The molecule has 0 spiro atoms. The molecule has 0 amide bonds. The Morgan fingerprint density at radius 2 is 2.00 bits per heavy atom. The average Bonchev–Trinajstić information content (AvgIpc) is 3.27. The smallest absolute Gasteiger partial charge is 0.383 e. The van der Waals surface area contributed by atoms with E-state index in [9.17, 15) is 13.2 Å². The van der Waals surface area contributed by atoms with Crippen molar-refractivity contribution in [3.63, 3.8) is 0 Å². The molecule has 0 atom stereocenters. The minimum absolute atomic E-state index is 0.258. The summed E-state index contributed by atoms with van der Waals surface area (Å²) in [5, 5.41) is 8.49. The molecule has 11 heteroatoms. The number of hydrogen-bond acceptors (Lipinski definition) is 7. The van der Waals surface area contributed by atoms with Crippen LogP contribution in [0.3, 0.4) is 0 Å². The van der Waals surface area contributed by atoms with Gasteiger partial charge < -0.3 is 15.8 Å². The number of hydrogen-bond donors (Lipinski definition) is 2. The second-order valence-corrected chi connectivity index (χ2v) is 8.11. The number of aromatic nitrogens is 4. The maximum absolute atomic E-state index is 13.1. The van der Waals surface area contributed by atoms with Crippen molar-refractivity contribution in [3.8, 4) is 11.3 Å². The van der Waals surface area contributed by atoms with Crippen LogP contribution in [0.4, 0.5) is 24.1 Å². The predicted octanol–water partition coefficient (Wildman–Crippen LogP) is 4.07.